The van der Waals surface area contributed by atoms with Gasteiger partial charge in [-0.15, -0.1) is 0 Å². The first kappa shape index (κ1) is 28.4. The first-order valence-corrected chi connectivity index (χ1v) is 28.2. The Kier molecular flexibility index (Phi) is 9.61. The molecule has 0 aromatic heterocycles. The second-order valence-electron chi connectivity index (χ2n) is 10.4. The van der Waals surface area contributed by atoms with Crippen LogP contribution in [0.3, 0.4) is 0 Å². The third-order valence-electron chi connectivity index (χ3n) is 8.11. The van der Waals surface area contributed by atoms with Crippen LogP contribution in [0, 0.1) is 0 Å². The van der Waals surface area contributed by atoms with Crippen LogP contribution in [0.5, 0.6) is 0 Å². The van der Waals surface area contributed by atoms with Gasteiger partial charge < -0.3 is 0 Å². The fourth-order valence-electron chi connectivity index (χ4n) is 5.63. The molecule has 0 aliphatic heterocycles. The molecule has 0 atom stereocenters. The van der Waals surface area contributed by atoms with E-state index in [1.165, 1.54) is 21.5 Å². The van der Waals surface area contributed by atoms with E-state index < -0.39 is 36.8 Å². The fraction of sp³-hybridized carbons (Fsp3) is 0.0526. The van der Waals surface area contributed by atoms with Crippen LogP contribution in [0.25, 0.3) is 0 Å². The van der Waals surface area contributed by atoms with Gasteiger partial charge in [-0.25, -0.2) is 0 Å². The van der Waals surface area contributed by atoms with Gasteiger partial charge in [0.05, 0.1) is 0 Å². The van der Waals surface area contributed by atoms with Gasteiger partial charge in [-0.05, 0) is 0 Å². The van der Waals surface area contributed by atoms with E-state index in [4.69, 9.17) is 0 Å². The molecule has 0 amide bonds. The van der Waals surface area contributed by atoms with E-state index in [9.17, 15) is 0 Å². The minimum atomic E-state index is -2.78. The van der Waals surface area contributed by atoms with E-state index in [-0.39, 0.29) is 0 Å². The van der Waals surface area contributed by atoms with Crippen molar-refractivity contribution in [3.05, 3.63) is 182 Å². The van der Waals surface area contributed by atoms with Crippen molar-refractivity contribution in [1.82, 2.24) is 0 Å². The maximum atomic E-state index is 2.51. The van der Waals surface area contributed by atoms with E-state index >= 15 is 0 Å². The Hall–Kier alpha value is -3.08. The van der Waals surface area contributed by atoms with Gasteiger partial charge in [-0.2, -0.15) is 0 Å². The van der Waals surface area contributed by atoms with Gasteiger partial charge in [0.2, 0.25) is 0 Å². The van der Waals surface area contributed by atoms with Gasteiger partial charge in [0, 0.05) is 0 Å². The van der Waals surface area contributed by atoms with Crippen LogP contribution in [0.2, 0.25) is 9.88 Å². The van der Waals surface area contributed by atoms with Crippen molar-refractivity contribution in [2.24, 2.45) is 0 Å². The molecule has 0 fully saturated rings. The predicted octanol–water partition coefficient (Wildman–Crippen LogP) is 5.57. The van der Waals surface area contributed by atoms with Gasteiger partial charge in [0.1, 0.15) is 0 Å². The molecule has 196 valence electrons. The summed E-state index contributed by atoms with van der Waals surface area (Å²) in [5.41, 5.74) is 0. The van der Waals surface area contributed by atoms with Crippen molar-refractivity contribution in [2.75, 3.05) is 0 Å². The van der Waals surface area contributed by atoms with Crippen molar-refractivity contribution in [2.45, 2.75) is 9.88 Å². The standard InChI is InChI=1S/6C6H5.2CH3.2Sn/c6*1-2-4-6-5-3-1;;;;/h6*1-5H;2*1H3;;. The zero-order chi connectivity index (χ0) is 27.7. The summed E-state index contributed by atoms with van der Waals surface area (Å²) < 4.78 is 9.16. The Labute approximate surface area is 248 Å². The molecular formula is C38H36Sn2. The molecule has 0 saturated heterocycles. The van der Waals surface area contributed by atoms with Crippen molar-refractivity contribution in [3.8, 4) is 0 Å². The zero-order valence-corrected chi connectivity index (χ0v) is 29.0. The number of benzene rings is 6. The summed E-state index contributed by atoms with van der Waals surface area (Å²) in [6.45, 7) is 0. The van der Waals surface area contributed by atoms with Gasteiger partial charge >= 0.3 is 250 Å². The molecule has 40 heavy (non-hydrogen) atoms. The van der Waals surface area contributed by atoms with E-state index in [0.717, 1.165) is 0 Å². The van der Waals surface area contributed by atoms with Crippen molar-refractivity contribution < 1.29 is 0 Å². The molecule has 6 aromatic rings. The molecule has 0 radical (unpaired) electrons. The minimum absolute atomic E-state index is 1.53. The molecule has 6 rings (SSSR count). The molecule has 6 aromatic carbocycles. The zero-order valence-electron chi connectivity index (χ0n) is 23.3. The van der Waals surface area contributed by atoms with Crippen LogP contribution in [0.1, 0.15) is 0 Å². The molecule has 2 heteroatoms. The summed E-state index contributed by atoms with van der Waals surface area (Å²) in [6, 6.07) is 66.2. The van der Waals surface area contributed by atoms with Crippen LogP contribution < -0.4 is 21.5 Å². The quantitative estimate of drug-likeness (QED) is 0.197. The van der Waals surface area contributed by atoms with Crippen molar-refractivity contribution in [1.29, 1.82) is 0 Å². The molecule has 0 unspecified atom stereocenters. The average Bonchev–Trinajstić information content (AvgIpc) is 3.07. The Bertz CT molecular complexity index is 1250. The number of hydrogen-bond donors (Lipinski definition) is 0. The molecule has 0 aliphatic rings. The first-order valence-electron chi connectivity index (χ1n) is 14.0. The fourth-order valence-corrected chi connectivity index (χ4v) is 26.0. The van der Waals surface area contributed by atoms with E-state index in [1.54, 1.807) is 0 Å². The van der Waals surface area contributed by atoms with E-state index in [0.29, 0.717) is 0 Å². The summed E-state index contributed by atoms with van der Waals surface area (Å²) in [7, 11) is 0. The van der Waals surface area contributed by atoms with Crippen molar-refractivity contribution in [3.63, 3.8) is 0 Å². The molecule has 0 bridgehead atoms. The molecule has 0 saturated carbocycles. The summed E-state index contributed by atoms with van der Waals surface area (Å²) >= 11 is -5.55. The predicted molar refractivity (Wildman–Crippen MR) is 180 cm³/mol. The van der Waals surface area contributed by atoms with Crippen LogP contribution in [-0.2, 0) is 0 Å². The van der Waals surface area contributed by atoms with Crippen LogP contribution in [-0.4, -0.2) is 36.8 Å². The first-order chi connectivity index (χ1) is 19.6. The summed E-state index contributed by atoms with van der Waals surface area (Å²) in [5, 5.41) is 0. The Balaban J connectivity index is 0.000000161. The molecule has 0 N–H and O–H groups in total. The monoisotopic (exact) mass is 732 g/mol. The molecular weight excluding hydrogens is 694 g/mol. The second kappa shape index (κ2) is 13.5. The average molecular weight is 730 g/mol. The molecule has 0 aliphatic carbocycles. The van der Waals surface area contributed by atoms with Crippen LogP contribution >= 0.6 is 0 Å². The topological polar surface area (TPSA) is 0 Å². The van der Waals surface area contributed by atoms with Gasteiger partial charge in [-0.3, -0.25) is 0 Å². The molecule has 0 nitrogen and oxygen atoms in total. The van der Waals surface area contributed by atoms with E-state index in [1.807, 2.05) is 0 Å². The summed E-state index contributed by atoms with van der Waals surface area (Å²) in [4.78, 5) is 5.02. The second-order valence-corrected chi connectivity index (χ2v) is 33.2. The van der Waals surface area contributed by atoms with Crippen molar-refractivity contribution >= 4 is 58.2 Å². The summed E-state index contributed by atoms with van der Waals surface area (Å²) in [5.74, 6) is 0. The number of rotatable bonds is 6. The van der Waals surface area contributed by atoms with Crippen LogP contribution in [0.4, 0.5) is 0 Å². The maximum absolute atomic E-state index is 2.78. The number of hydrogen-bond acceptors (Lipinski definition) is 0. The third-order valence-corrected chi connectivity index (χ3v) is 33.6. The SMILES string of the molecule is [CH3][Sn]([c]1ccccc1)([c]1ccccc1)[c]1ccccc1.[CH3][Sn]([c]1ccccc1)([c]1ccccc1)[c]1ccccc1. The Morgan fingerprint density at radius 1 is 0.225 bits per heavy atom. The third kappa shape index (κ3) is 6.13. The van der Waals surface area contributed by atoms with Gasteiger partial charge in [-0.1, -0.05) is 0 Å². The summed E-state index contributed by atoms with van der Waals surface area (Å²) in [6.07, 6.45) is 0. The molecule has 0 heterocycles. The van der Waals surface area contributed by atoms with E-state index in [2.05, 4.69) is 192 Å². The normalized spacial score (nSPS) is 11.2. The molecule has 0 spiro atoms. The van der Waals surface area contributed by atoms with Gasteiger partial charge in [0.25, 0.3) is 0 Å². The van der Waals surface area contributed by atoms with Crippen LogP contribution in [0.15, 0.2) is 182 Å². The Morgan fingerprint density at radius 2 is 0.350 bits per heavy atom. The Morgan fingerprint density at radius 3 is 0.475 bits per heavy atom. The van der Waals surface area contributed by atoms with Gasteiger partial charge in [0.15, 0.2) is 0 Å².